The fourth-order valence-corrected chi connectivity index (χ4v) is 2.70. The van der Waals surface area contributed by atoms with Crippen LogP contribution in [0.4, 0.5) is 4.39 Å². The predicted molar refractivity (Wildman–Crippen MR) is 69.8 cm³/mol. The molecule has 1 aromatic carbocycles. The summed E-state index contributed by atoms with van der Waals surface area (Å²) in [5, 5.41) is 0. The highest BCUT2D eigenvalue weighted by Gasteiger charge is 2.31. The monoisotopic (exact) mass is 252 g/mol. The molecule has 1 aliphatic rings. The maximum atomic E-state index is 13.9. The van der Waals surface area contributed by atoms with E-state index >= 15 is 0 Å². The smallest absolute Gasteiger partial charge is 0.128 e. The summed E-state index contributed by atoms with van der Waals surface area (Å²) in [4.78, 5) is 2.23. The van der Waals surface area contributed by atoms with Crippen LogP contribution in [0.3, 0.4) is 0 Å². The standard InChI is InChI=1S/C14H21FN2O/c1-18-10-9-17-8-4-7-13(16)14(17)11-5-2-3-6-12(11)15/h2-3,5-6,13-14H,4,7-10,16H2,1H3. The van der Waals surface area contributed by atoms with Crippen LogP contribution in [-0.4, -0.2) is 37.7 Å². The zero-order valence-electron chi connectivity index (χ0n) is 10.8. The number of ether oxygens (including phenoxy) is 1. The van der Waals surface area contributed by atoms with Crippen LogP contribution < -0.4 is 5.73 Å². The number of likely N-dealkylation sites (tertiary alicyclic amines) is 1. The second-order valence-electron chi connectivity index (χ2n) is 4.80. The number of hydrogen-bond donors (Lipinski definition) is 1. The summed E-state index contributed by atoms with van der Waals surface area (Å²) in [6, 6.07) is 6.89. The lowest BCUT2D eigenvalue weighted by molar-refractivity contribution is 0.0831. The average molecular weight is 252 g/mol. The summed E-state index contributed by atoms with van der Waals surface area (Å²) in [5.41, 5.74) is 6.90. The molecule has 0 amide bonds. The number of benzene rings is 1. The van der Waals surface area contributed by atoms with Crippen molar-refractivity contribution in [3.05, 3.63) is 35.6 Å². The second kappa shape index (κ2) is 6.27. The van der Waals surface area contributed by atoms with Gasteiger partial charge >= 0.3 is 0 Å². The molecular weight excluding hydrogens is 231 g/mol. The average Bonchev–Trinajstić information content (AvgIpc) is 2.38. The van der Waals surface area contributed by atoms with E-state index in [1.807, 2.05) is 12.1 Å². The first-order chi connectivity index (χ1) is 8.74. The molecule has 1 aromatic rings. The van der Waals surface area contributed by atoms with Crippen LogP contribution in [0.15, 0.2) is 24.3 Å². The quantitative estimate of drug-likeness (QED) is 0.890. The molecule has 0 radical (unpaired) electrons. The van der Waals surface area contributed by atoms with Gasteiger partial charge in [0.25, 0.3) is 0 Å². The van der Waals surface area contributed by atoms with Gasteiger partial charge in [0, 0.05) is 25.3 Å². The summed E-state index contributed by atoms with van der Waals surface area (Å²) in [5.74, 6) is -0.165. The normalized spacial score (nSPS) is 25.3. The summed E-state index contributed by atoms with van der Waals surface area (Å²) in [6.45, 7) is 2.40. The summed E-state index contributed by atoms with van der Waals surface area (Å²) >= 11 is 0. The van der Waals surface area contributed by atoms with E-state index in [1.54, 1.807) is 13.2 Å². The van der Waals surface area contributed by atoms with Crippen molar-refractivity contribution in [1.82, 2.24) is 4.90 Å². The van der Waals surface area contributed by atoms with E-state index in [1.165, 1.54) is 6.07 Å². The van der Waals surface area contributed by atoms with Crippen molar-refractivity contribution < 1.29 is 9.13 Å². The highest BCUT2D eigenvalue weighted by molar-refractivity contribution is 5.23. The van der Waals surface area contributed by atoms with E-state index in [-0.39, 0.29) is 17.9 Å². The van der Waals surface area contributed by atoms with E-state index in [0.717, 1.165) is 25.9 Å². The lowest BCUT2D eigenvalue weighted by Gasteiger charge is -2.40. The minimum Gasteiger partial charge on any atom is -0.383 e. The van der Waals surface area contributed by atoms with Crippen molar-refractivity contribution in [3.63, 3.8) is 0 Å². The molecule has 1 heterocycles. The Morgan fingerprint density at radius 2 is 2.22 bits per heavy atom. The van der Waals surface area contributed by atoms with Crippen LogP contribution in [0.5, 0.6) is 0 Å². The Balaban J connectivity index is 2.21. The Labute approximate surface area is 108 Å². The maximum absolute atomic E-state index is 13.9. The molecule has 2 N–H and O–H groups in total. The molecule has 0 spiro atoms. The van der Waals surface area contributed by atoms with Crippen LogP contribution in [-0.2, 0) is 4.74 Å². The Morgan fingerprint density at radius 1 is 1.44 bits per heavy atom. The highest BCUT2D eigenvalue weighted by atomic mass is 19.1. The van der Waals surface area contributed by atoms with E-state index in [9.17, 15) is 4.39 Å². The van der Waals surface area contributed by atoms with Gasteiger partial charge in [-0.3, -0.25) is 4.90 Å². The number of nitrogens with zero attached hydrogens (tertiary/aromatic N) is 1. The van der Waals surface area contributed by atoms with E-state index in [2.05, 4.69) is 4.90 Å². The molecule has 2 unspecified atom stereocenters. The number of nitrogens with two attached hydrogens (primary N) is 1. The topological polar surface area (TPSA) is 38.5 Å². The molecule has 0 saturated carbocycles. The van der Waals surface area contributed by atoms with Crippen molar-refractivity contribution in [2.75, 3.05) is 26.8 Å². The minimum absolute atomic E-state index is 0.00694. The Kier molecular flexibility index (Phi) is 4.69. The molecule has 18 heavy (non-hydrogen) atoms. The van der Waals surface area contributed by atoms with Gasteiger partial charge in [0.1, 0.15) is 5.82 Å². The van der Waals surface area contributed by atoms with E-state index in [4.69, 9.17) is 10.5 Å². The van der Waals surface area contributed by atoms with Crippen molar-refractivity contribution in [2.45, 2.75) is 24.9 Å². The summed E-state index contributed by atoms with van der Waals surface area (Å²) in [7, 11) is 1.68. The minimum atomic E-state index is -0.165. The zero-order chi connectivity index (χ0) is 13.0. The third-order valence-corrected chi connectivity index (χ3v) is 3.59. The first-order valence-corrected chi connectivity index (χ1v) is 6.47. The van der Waals surface area contributed by atoms with Gasteiger partial charge < -0.3 is 10.5 Å². The van der Waals surface area contributed by atoms with Gasteiger partial charge in [-0.2, -0.15) is 0 Å². The third-order valence-electron chi connectivity index (χ3n) is 3.59. The maximum Gasteiger partial charge on any atom is 0.128 e. The molecule has 3 nitrogen and oxygen atoms in total. The lowest BCUT2D eigenvalue weighted by Crippen LogP contribution is -2.47. The molecule has 2 atom stereocenters. The van der Waals surface area contributed by atoms with Crippen molar-refractivity contribution in [3.8, 4) is 0 Å². The van der Waals surface area contributed by atoms with Crippen LogP contribution in [0.25, 0.3) is 0 Å². The molecule has 0 aromatic heterocycles. The number of halogens is 1. The summed E-state index contributed by atoms with van der Waals surface area (Å²) < 4.78 is 19.0. The lowest BCUT2D eigenvalue weighted by atomic mass is 9.90. The number of methoxy groups -OCH3 is 1. The molecule has 100 valence electrons. The van der Waals surface area contributed by atoms with Gasteiger partial charge in [-0.15, -0.1) is 0 Å². The Bertz CT molecular complexity index is 386. The molecule has 1 saturated heterocycles. The van der Waals surface area contributed by atoms with Crippen LogP contribution in [0, 0.1) is 5.82 Å². The van der Waals surface area contributed by atoms with Crippen molar-refractivity contribution in [1.29, 1.82) is 0 Å². The van der Waals surface area contributed by atoms with Gasteiger partial charge in [-0.05, 0) is 25.5 Å². The Hall–Kier alpha value is -0.970. The molecular formula is C14H21FN2O. The fourth-order valence-electron chi connectivity index (χ4n) is 2.70. The third kappa shape index (κ3) is 2.88. The van der Waals surface area contributed by atoms with Gasteiger partial charge in [0.15, 0.2) is 0 Å². The molecule has 0 aliphatic carbocycles. The Morgan fingerprint density at radius 3 is 2.94 bits per heavy atom. The SMILES string of the molecule is COCCN1CCCC(N)C1c1ccccc1F. The fraction of sp³-hybridized carbons (Fsp3) is 0.571. The van der Waals surface area contributed by atoms with Gasteiger partial charge in [0.05, 0.1) is 12.6 Å². The first-order valence-electron chi connectivity index (χ1n) is 6.47. The van der Waals surface area contributed by atoms with Crippen LogP contribution in [0.2, 0.25) is 0 Å². The number of piperidine rings is 1. The van der Waals surface area contributed by atoms with Gasteiger partial charge in [0.2, 0.25) is 0 Å². The summed E-state index contributed by atoms with van der Waals surface area (Å²) in [6.07, 6.45) is 2.01. The molecule has 1 aliphatic heterocycles. The molecule has 2 rings (SSSR count). The van der Waals surface area contributed by atoms with E-state index in [0.29, 0.717) is 12.2 Å². The zero-order valence-corrected chi connectivity index (χ0v) is 10.8. The molecule has 0 bridgehead atoms. The van der Waals surface area contributed by atoms with Crippen LogP contribution >= 0.6 is 0 Å². The van der Waals surface area contributed by atoms with Crippen molar-refractivity contribution >= 4 is 0 Å². The van der Waals surface area contributed by atoms with E-state index < -0.39 is 0 Å². The first kappa shape index (κ1) is 13.5. The molecule has 1 fully saturated rings. The van der Waals surface area contributed by atoms with Crippen LogP contribution in [0.1, 0.15) is 24.4 Å². The second-order valence-corrected chi connectivity index (χ2v) is 4.80. The van der Waals surface area contributed by atoms with Gasteiger partial charge in [-0.1, -0.05) is 18.2 Å². The predicted octanol–water partition coefficient (Wildman–Crippen LogP) is 1.94. The molecule has 4 heteroatoms. The number of hydrogen-bond acceptors (Lipinski definition) is 3. The number of rotatable bonds is 4. The van der Waals surface area contributed by atoms with Crippen molar-refractivity contribution in [2.24, 2.45) is 5.73 Å². The largest absolute Gasteiger partial charge is 0.383 e. The highest BCUT2D eigenvalue weighted by Crippen LogP contribution is 2.31. The van der Waals surface area contributed by atoms with Gasteiger partial charge in [-0.25, -0.2) is 4.39 Å².